The van der Waals surface area contributed by atoms with Gasteiger partial charge in [-0.15, -0.1) is 0 Å². The summed E-state index contributed by atoms with van der Waals surface area (Å²) in [6.45, 7) is 5.23. The van der Waals surface area contributed by atoms with Gasteiger partial charge in [0.2, 0.25) is 5.95 Å². The van der Waals surface area contributed by atoms with Crippen LogP contribution >= 0.6 is 0 Å². The highest BCUT2D eigenvalue weighted by Gasteiger charge is 2.09. The third-order valence-corrected chi connectivity index (χ3v) is 4.46. The van der Waals surface area contributed by atoms with E-state index in [2.05, 4.69) is 29.5 Å². The van der Waals surface area contributed by atoms with E-state index in [-0.39, 0.29) is 0 Å². The summed E-state index contributed by atoms with van der Waals surface area (Å²) in [5.74, 6) is 3.27. The van der Waals surface area contributed by atoms with Crippen LogP contribution in [-0.4, -0.2) is 30.7 Å². The van der Waals surface area contributed by atoms with Gasteiger partial charge in [-0.2, -0.15) is 4.98 Å². The molecule has 152 valence electrons. The van der Waals surface area contributed by atoms with Crippen LogP contribution in [0.1, 0.15) is 20.3 Å². The molecule has 0 spiro atoms. The average Bonchev–Trinajstić information content (AvgIpc) is 2.74. The van der Waals surface area contributed by atoms with Crippen LogP contribution in [0.4, 0.5) is 17.5 Å². The number of rotatable bonds is 9. The highest BCUT2D eigenvalue weighted by Crippen LogP contribution is 2.31. The van der Waals surface area contributed by atoms with Gasteiger partial charge in [0.05, 0.1) is 19.9 Å². The van der Waals surface area contributed by atoms with Crippen molar-refractivity contribution in [1.82, 2.24) is 9.97 Å². The molecule has 2 N–H and O–H groups in total. The van der Waals surface area contributed by atoms with Crippen molar-refractivity contribution in [2.45, 2.75) is 20.3 Å². The lowest BCUT2D eigenvalue weighted by Crippen LogP contribution is -2.09. The number of hydrogen-bond donors (Lipinski definition) is 2. The molecule has 29 heavy (non-hydrogen) atoms. The monoisotopic (exact) mass is 392 g/mol. The van der Waals surface area contributed by atoms with E-state index in [9.17, 15) is 0 Å². The molecule has 0 unspecified atom stereocenters. The van der Waals surface area contributed by atoms with E-state index >= 15 is 0 Å². The Labute approximate surface area is 172 Å². The van der Waals surface area contributed by atoms with Crippen LogP contribution in [0.5, 0.6) is 11.5 Å². The van der Waals surface area contributed by atoms with Crippen molar-refractivity contribution in [3.05, 3.63) is 54.6 Å². The largest absolute Gasteiger partial charge is 0.493 e. The molecule has 3 aromatic rings. The Balaban J connectivity index is 1.90. The SMILES string of the molecule is COc1ccc(Nc2cc(-c3ccccc3)nc(NCCC(C)C)n2)cc1OC. The maximum absolute atomic E-state index is 5.40. The molecule has 6 nitrogen and oxygen atoms in total. The minimum atomic E-state index is 0.606. The Bertz CT molecular complexity index is 929. The number of methoxy groups -OCH3 is 2. The van der Waals surface area contributed by atoms with Crippen molar-refractivity contribution in [3.63, 3.8) is 0 Å². The zero-order valence-electron chi connectivity index (χ0n) is 17.4. The van der Waals surface area contributed by atoms with E-state index in [1.807, 2.05) is 54.6 Å². The van der Waals surface area contributed by atoms with Crippen LogP contribution in [-0.2, 0) is 0 Å². The highest BCUT2D eigenvalue weighted by atomic mass is 16.5. The molecule has 6 heteroatoms. The summed E-state index contributed by atoms with van der Waals surface area (Å²) in [6.07, 6.45) is 1.05. The zero-order chi connectivity index (χ0) is 20.6. The first kappa shape index (κ1) is 20.5. The molecule has 3 rings (SSSR count). The number of benzene rings is 2. The lowest BCUT2D eigenvalue weighted by Gasteiger charge is -2.13. The Morgan fingerprint density at radius 1 is 0.897 bits per heavy atom. The zero-order valence-corrected chi connectivity index (χ0v) is 17.4. The summed E-state index contributed by atoms with van der Waals surface area (Å²) in [4.78, 5) is 9.34. The molecule has 2 aromatic carbocycles. The fourth-order valence-electron chi connectivity index (χ4n) is 2.88. The molecule has 1 aromatic heterocycles. The van der Waals surface area contributed by atoms with E-state index in [1.54, 1.807) is 14.2 Å². The molecule has 0 aliphatic rings. The maximum atomic E-state index is 5.40. The third-order valence-electron chi connectivity index (χ3n) is 4.46. The van der Waals surface area contributed by atoms with Gasteiger partial charge in [-0.05, 0) is 24.5 Å². The Morgan fingerprint density at radius 2 is 1.66 bits per heavy atom. The van der Waals surface area contributed by atoms with Crippen molar-refractivity contribution < 1.29 is 9.47 Å². The first-order chi connectivity index (χ1) is 14.1. The summed E-state index contributed by atoms with van der Waals surface area (Å²) in [7, 11) is 3.24. The molecule has 0 radical (unpaired) electrons. The Morgan fingerprint density at radius 3 is 2.34 bits per heavy atom. The number of nitrogens with one attached hydrogen (secondary N) is 2. The first-order valence-electron chi connectivity index (χ1n) is 9.76. The van der Waals surface area contributed by atoms with Gasteiger partial charge in [0.15, 0.2) is 11.5 Å². The van der Waals surface area contributed by atoms with Crippen LogP contribution in [0.25, 0.3) is 11.3 Å². The molecule has 0 saturated heterocycles. The minimum Gasteiger partial charge on any atom is -0.493 e. The van der Waals surface area contributed by atoms with Gasteiger partial charge < -0.3 is 20.1 Å². The molecule has 0 atom stereocenters. The maximum Gasteiger partial charge on any atom is 0.225 e. The van der Waals surface area contributed by atoms with Crippen molar-refractivity contribution in [2.75, 3.05) is 31.4 Å². The molecular weight excluding hydrogens is 364 g/mol. The highest BCUT2D eigenvalue weighted by molar-refractivity contribution is 5.68. The van der Waals surface area contributed by atoms with Crippen LogP contribution in [0.3, 0.4) is 0 Å². The van der Waals surface area contributed by atoms with E-state index in [0.717, 1.165) is 29.9 Å². The van der Waals surface area contributed by atoms with Crippen molar-refractivity contribution in [3.8, 4) is 22.8 Å². The lowest BCUT2D eigenvalue weighted by atomic mass is 10.1. The smallest absolute Gasteiger partial charge is 0.225 e. The van der Waals surface area contributed by atoms with E-state index in [0.29, 0.717) is 29.2 Å². The number of hydrogen-bond acceptors (Lipinski definition) is 6. The summed E-state index contributed by atoms with van der Waals surface area (Å²) in [6, 6.07) is 17.7. The van der Waals surface area contributed by atoms with Crippen LogP contribution < -0.4 is 20.1 Å². The van der Waals surface area contributed by atoms with E-state index < -0.39 is 0 Å². The Hall–Kier alpha value is -3.28. The lowest BCUT2D eigenvalue weighted by molar-refractivity contribution is 0.355. The normalized spacial score (nSPS) is 10.7. The van der Waals surface area contributed by atoms with Gasteiger partial charge >= 0.3 is 0 Å². The summed E-state index contributed by atoms with van der Waals surface area (Å²) in [5, 5.41) is 6.70. The van der Waals surface area contributed by atoms with Crippen LogP contribution in [0, 0.1) is 5.92 Å². The Kier molecular flexibility index (Phi) is 6.89. The summed E-state index contributed by atoms with van der Waals surface area (Å²) in [5.41, 5.74) is 2.75. The van der Waals surface area contributed by atoms with Gasteiger partial charge in [0.1, 0.15) is 5.82 Å². The van der Waals surface area contributed by atoms with E-state index in [4.69, 9.17) is 14.5 Å². The fourth-order valence-corrected chi connectivity index (χ4v) is 2.88. The summed E-state index contributed by atoms with van der Waals surface area (Å²) >= 11 is 0. The first-order valence-corrected chi connectivity index (χ1v) is 9.76. The van der Waals surface area contributed by atoms with E-state index in [1.165, 1.54) is 0 Å². The number of anilines is 3. The van der Waals surface area contributed by atoms with Crippen molar-refractivity contribution in [2.24, 2.45) is 5.92 Å². The van der Waals surface area contributed by atoms with Gasteiger partial charge in [-0.3, -0.25) is 0 Å². The quantitative estimate of drug-likeness (QED) is 0.511. The number of nitrogens with zero attached hydrogens (tertiary/aromatic N) is 2. The van der Waals surface area contributed by atoms with Gasteiger partial charge in [-0.1, -0.05) is 44.2 Å². The molecule has 0 bridgehead atoms. The second-order valence-electron chi connectivity index (χ2n) is 7.13. The standard InChI is InChI=1S/C23H28N4O2/c1-16(2)12-13-24-23-26-19(17-8-6-5-7-9-17)15-22(27-23)25-18-10-11-20(28-3)21(14-18)29-4/h5-11,14-16H,12-13H2,1-4H3,(H2,24,25,26,27). The molecule has 0 saturated carbocycles. The molecular formula is C23H28N4O2. The number of ether oxygens (including phenoxy) is 2. The van der Waals surface area contributed by atoms with Gasteiger partial charge in [-0.25, -0.2) is 4.98 Å². The average molecular weight is 393 g/mol. The molecule has 0 aliphatic carbocycles. The topological polar surface area (TPSA) is 68.3 Å². The van der Waals surface area contributed by atoms with Gasteiger partial charge in [0.25, 0.3) is 0 Å². The molecule has 1 heterocycles. The van der Waals surface area contributed by atoms with Crippen molar-refractivity contribution in [1.29, 1.82) is 0 Å². The molecule has 0 amide bonds. The van der Waals surface area contributed by atoms with Crippen LogP contribution in [0.2, 0.25) is 0 Å². The van der Waals surface area contributed by atoms with Gasteiger partial charge in [0, 0.05) is 29.9 Å². The second kappa shape index (κ2) is 9.78. The minimum absolute atomic E-state index is 0.606. The fraction of sp³-hybridized carbons (Fsp3) is 0.304. The predicted molar refractivity (Wildman–Crippen MR) is 118 cm³/mol. The predicted octanol–water partition coefficient (Wildman–Crippen LogP) is 5.36. The van der Waals surface area contributed by atoms with Crippen molar-refractivity contribution >= 4 is 17.5 Å². The third kappa shape index (κ3) is 5.60. The second-order valence-corrected chi connectivity index (χ2v) is 7.13. The number of aromatic nitrogens is 2. The molecule has 0 aliphatic heterocycles. The summed E-state index contributed by atoms with van der Waals surface area (Å²) < 4.78 is 10.7. The molecule has 0 fully saturated rings. The van der Waals surface area contributed by atoms with Crippen LogP contribution in [0.15, 0.2) is 54.6 Å².